The van der Waals surface area contributed by atoms with Crippen molar-refractivity contribution >= 4 is 29.3 Å². The quantitative estimate of drug-likeness (QED) is 0.364. The predicted molar refractivity (Wildman–Crippen MR) is 70.0 cm³/mol. The van der Waals surface area contributed by atoms with Gasteiger partial charge >= 0.3 is 5.97 Å². The van der Waals surface area contributed by atoms with Crippen LogP contribution in [0, 0.1) is 10.1 Å². The lowest BCUT2D eigenvalue weighted by atomic mass is 10.2. The van der Waals surface area contributed by atoms with Crippen molar-refractivity contribution in [2.45, 2.75) is 0 Å². The summed E-state index contributed by atoms with van der Waals surface area (Å²) in [5.74, 6) is -0.774. The molecule has 0 aliphatic heterocycles. The zero-order valence-electron chi connectivity index (χ0n) is 10.6. The Labute approximate surface area is 114 Å². The molecule has 0 saturated heterocycles. The summed E-state index contributed by atoms with van der Waals surface area (Å²) in [7, 11) is 4.67. The first-order valence-electron chi connectivity index (χ1n) is 5.14. The maximum Gasteiger partial charge on any atom is 0.341 e. The van der Waals surface area contributed by atoms with Crippen LogP contribution < -0.4 is 0 Å². The van der Waals surface area contributed by atoms with E-state index in [-0.39, 0.29) is 22.1 Å². The molecule has 1 aromatic heterocycles. The first kappa shape index (κ1) is 14.9. The van der Waals surface area contributed by atoms with Crippen LogP contribution in [0.2, 0.25) is 5.15 Å². The van der Waals surface area contributed by atoms with Crippen LogP contribution in [-0.2, 0) is 4.74 Å². The van der Waals surface area contributed by atoms with E-state index >= 15 is 0 Å². The molecule has 8 heteroatoms. The molecule has 0 fully saturated rings. The summed E-state index contributed by atoms with van der Waals surface area (Å²) in [5.41, 5.74) is -0.392. The fourth-order valence-corrected chi connectivity index (χ4v) is 1.46. The van der Waals surface area contributed by atoms with Gasteiger partial charge in [0.25, 0.3) is 5.69 Å². The summed E-state index contributed by atoms with van der Waals surface area (Å²) in [6.07, 6.45) is 3.02. The van der Waals surface area contributed by atoms with Gasteiger partial charge in [0.2, 0.25) is 0 Å². The monoisotopic (exact) mass is 285 g/mol. The third-order valence-electron chi connectivity index (χ3n) is 2.12. The van der Waals surface area contributed by atoms with E-state index < -0.39 is 10.9 Å². The normalized spacial score (nSPS) is 10.5. The Morgan fingerprint density at radius 2 is 2.21 bits per heavy atom. The van der Waals surface area contributed by atoms with E-state index in [1.54, 1.807) is 25.2 Å². The standard InChI is InChI=1S/C11H12ClN3O4/c1-14(2)5-4-8-9(15(17)18)6-7(10(12)13-8)11(16)19-3/h4-6H,1-3H3/b5-4+. The molecule has 0 bridgehead atoms. The van der Waals surface area contributed by atoms with Gasteiger partial charge in [-0.15, -0.1) is 0 Å². The number of hydrogen-bond donors (Lipinski definition) is 0. The lowest BCUT2D eigenvalue weighted by Crippen LogP contribution is -2.07. The van der Waals surface area contributed by atoms with Crippen molar-refractivity contribution in [3.63, 3.8) is 0 Å². The van der Waals surface area contributed by atoms with Gasteiger partial charge in [-0.2, -0.15) is 0 Å². The summed E-state index contributed by atoms with van der Waals surface area (Å²) in [5, 5.41) is 10.8. The smallest absolute Gasteiger partial charge is 0.341 e. The number of pyridine rings is 1. The van der Waals surface area contributed by atoms with Crippen molar-refractivity contribution in [3.8, 4) is 0 Å². The number of rotatable bonds is 4. The highest BCUT2D eigenvalue weighted by atomic mass is 35.5. The van der Waals surface area contributed by atoms with Gasteiger partial charge in [0, 0.05) is 26.4 Å². The number of hydrogen-bond acceptors (Lipinski definition) is 6. The molecule has 0 atom stereocenters. The molecule has 102 valence electrons. The molecule has 0 aromatic carbocycles. The second-order valence-electron chi connectivity index (χ2n) is 3.76. The molecule has 0 aliphatic rings. The highest BCUT2D eigenvalue weighted by Gasteiger charge is 2.21. The maximum atomic E-state index is 11.4. The van der Waals surface area contributed by atoms with Gasteiger partial charge in [-0.25, -0.2) is 9.78 Å². The minimum absolute atomic E-state index is 0.0661. The molecule has 0 unspecified atom stereocenters. The second-order valence-corrected chi connectivity index (χ2v) is 4.12. The number of nitro groups is 1. The van der Waals surface area contributed by atoms with E-state index in [2.05, 4.69) is 9.72 Å². The van der Waals surface area contributed by atoms with Crippen molar-refractivity contribution in [1.29, 1.82) is 0 Å². The Bertz CT molecular complexity index is 543. The second kappa shape index (κ2) is 6.14. The first-order chi connectivity index (χ1) is 8.86. The number of ether oxygens (including phenoxy) is 1. The van der Waals surface area contributed by atoms with Crippen LogP contribution in [0.15, 0.2) is 12.3 Å². The number of esters is 1. The molecule has 0 N–H and O–H groups in total. The van der Waals surface area contributed by atoms with Crippen LogP contribution in [0.4, 0.5) is 5.69 Å². The largest absolute Gasteiger partial charge is 0.465 e. The minimum Gasteiger partial charge on any atom is -0.465 e. The van der Waals surface area contributed by atoms with Gasteiger partial charge in [-0.1, -0.05) is 11.6 Å². The number of carbonyl (C=O) groups is 1. The lowest BCUT2D eigenvalue weighted by molar-refractivity contribution is -0.385. The van der Waals surface area contributed by atoms with Crippen molar-refractivity contribution < 1.29 is 14.5 Å². The molecule has 7 nitrogen and oxygen atoms in total. The van der Waals surface area contributed by atoms with Crippen LogP contribution >= 0.6 is 11.6 Å². The van der Waals surface area contributed by atoms with Crippen LogP contribution in [0.3, 0.4) is 0 Å². The van der Waals surface area contributed by atoms with Crippen molar-refractivity contribution in [3.05, 3.63) is 38.8 Å². The van der Waals surface area contributed by atoms with E-state index in [9.17, 15) is 14.9 Å². The zero-order valence-corrected chi connectivity index (χ0v) is 11.3. The Morgan fingerprint density at radius 3 is 2.68 bits per heavy atom. The van der Waals surface area contributed by atoms with Crippen LogP contribution in [0.5, 0.6) is 0 Å². The topological polar surface area (TPSA) is 85.6 Å². The van der Waals surface area contributed by atoms with Gasteiger partial charge in [-0.05, 0) is 6.08 Å². The summed E-state index contributed by atoms with van der Waals surface area (Å²) in [4.78, 5) is 27.3. The van der Waals surface area contributed by atoms with Gasteiger partial charge in [0.1, 0.15) is 16.4 Å². The molecular formula is C11H12ClN3O4. The van der Waals surface area contributed by atoms with E-state index in [4.69, 9.17) is 11.6 Å². The number of halogens is 1. The van der Waals surface area contributed by atoms with Gasteiger partial charge in [0.05, 0.1) is 12.0 Å². The third-order valence-corrected chi connectivity index (χ3v) is 2.41. The summed E-state index contributed by atoms with van der Waals surface area (Å²) < 4.78 is 4.48. The van der Waals surface area contributed by atoms with E-state index in [1.807, 2.05) is 0 Å². The van der Waals surface area contributed by atoms with Gasteiger partial charge in [-0.3, -0.25) is 10.1 Å². The Balaban J connectivity index is 3.37. The van der Waals surface area contributed by atoms with Crippen LogP contribution in [0.25, 0.3) is 6.08 Å². The van der Waals surface area contributed by atoms with Crippen LogP contribution in [-0.4, -0.2) is 42.0 Å². The lowest BCUT2D eigenvalue weighted by Gasteiger charge is -2.06. The zero-order chi connectivity index (χ0) is 14.6. The van der Waals surface area contributed by atoms with Crippen molar-refractivity contribution in [1.82, 2.24) is 9.88 Å². The molecule has 0 radical (unpaired) electrons. The number of methoxy groups -OCH3 is 1. The highest BCUT2D eigenvalue weighted by molar-refractivity contribution is 6.32. The molecule has 1 rings (SSSR count). The summed E-state index contributed by atoms with van der Waals surface area (Å²) in [6, 6.07) is 1.05. The summed E-state index contributed by atoms with van der Waals surface area (Å²) >= 11 is 5.81. The molecular weight excluding hydrogens is 274 g/mol. The van der Waals surface area contributed by atoms with Crippen molar-refractivity contribution in [2.75, 3.05) is 21.2 Å². The number of aromatic nitrogens is 1. The van der Waals surface area contributed by atoms with Gasteiger partial charge < -0.3 is 9.64 Å². The third kappa shape index (κ3) is 3.65. The number of nitrogens with zero attached hydrogens (tertiary/aromatic N) is 3. The molecule has 0 amide bonds. The van der Waals surface area contributed by atoms with E-state index in [0.717, 1.165) is 13.2 Å². The molecule has 19 heavy (non-hydrogen) atoms. The maximum absolute atomic E-state index is 11.4. The fourth-order valence-electron chi connectivity index (χ4n) is 1.24. The minimum atomic E-state index is -0.774. The molecule has 1 heterocycles. The Morgan fingerprint density at radius 1 is 1.58 bits per heavy atom. The summed E-state index contributed by atoms with van der Waals surface area (Å²) in [6.45, 7) is 0. The highest BCUT2D eigenvalue weighted by Crippen LogP contribution is 2.25. The predicted octanol–water partition coefficient (Wildman–Crippen LogP) is 1.96. The molecule has 0 spiro atoms. The average Bonchev–Trinajstić information content (AvgIpc) is 2.34. The van der Waals surface area contributed by atoms with Gasteiger partial charge in [0.15, 0.2) is 0 Å². The number of carbonyl (C=O) groups excluding carboxylic acids is 1. The fraction of sp³-hybridized carbons (Fsp3) is 0.273. The first-order valence-corrected chi connectivity index (χ1v) is 5.52. The van der Waals surface area contributed by atoms with E-state index in [1.165, 1.54) is 6.08 Å². The molecule has 1 aromatic rings. The molecule has 0 aliphatic carbocycles. The SMILES string of the molecule is COC(=O)c1cc([N+](=O)[O-])c(/C=C/N(C)C)nc1Cl. The molecule has 0 saturated carbocycles. The van der Waals surface area contributed by atoms with Crippen LogP contribution in [0.1, 0.15) is 16.1 Å². The van der Waals surface area contributed by atoms with Crippen molar-refractivity contribution in [2.24, 2.45) is 0 Å². The van der Waals surface area contributed by atoms with E-state index in [0.29, 0.717) is 0 Å². The average molecular weight is 286 g/mol. The Kier molecular flexibility index (Phi) is 4.82. The Hall–Kier alpha value is -2.15.